The first-order valence-electron chi connectivity index (χ1n) is 7.49. The second-order valence-corrected chi connectivity index (χ2v) is 7.10. The van der Waals surface area contributed by atoms with Crippen LogP contribution >= 0.6 is 11.6 Å². The van der Waals surface area contributed by atoms with Crippen LogP contribution in [-0.2, 0) is 5.41 Å². The van der Waals surface area contributed by atoms with Crippen LogP contribution in [0.5, 0.6) is 0 Å². The summed E-state index contributed by atoms with van der Waals surface area (Å²) in [5, 5.41) is 11.5. The van der Waals surface area contributed by atoms with Gasteiger partial charge in [0, 0.05) is 16.5 Å². The molecule has 0 spiro atoms. The summed E-state index contributed by atoms with van der Waals surface area (Å²) < 4.78 is 0. The maximum absolute atomic E-state index is 10.7. The molecule has 20 heavy (non-hydrogen) atoms. The Morgan fingerprint density at radius 2 is 1.70 bits per heavy atom. The zero-order valence-corrected chi connectivity index (χ0v) is 13.7. The van der Waals surface area contributed by atoms with E-state index in [9.17, 15) is 5.11 Å². The van der Waals surface area contributed by atoms with Crippen molar-refractivity contribution in [1.82, 2.24) is 4.90 Å². The molecule has 1 aliphatic carbocycles. The van der Waals surface area contributed by atoms with Crippen LogP contribution in [-0.4, -0.2) is 36.2 Å². The lowest BCUT2D eigenvalue weighted by Gasteiger charge is -2.53. The first-order valence-corrected chi connectivity index (χ1v) is 7.87. The van der Waals surface area contributed by atoms with Crippen LogP contribution in [0.15, 0.2) is 24.3 Å². The van der Waals surface area contributed by atoms with Gasteiger partial charge in [0.25, 0.3) is 0 Å². The highest BCUT2D eigenvalue weighted by atomic mass is 35.5. The SMILES string of the molecule is CC(C)C(O)C(N(C)C)C1(c2ccc(Cl)cc2)CCC1. The summed E-state index contributed by atoms with van der Waals surface area (Å²) in [6, 6.07) is 8.34. The van der Waals surface area contributed by atoms with Crippen molar-refractivity contribution in [3.63, 3.8) is 0 Å². The lowest BCUT2D eigenvalue weighted by Crippen LogP contribution is -2.59. The third-order valence-corrected chi connectivity index (χ3v) is 5.05. The fourth-order valence-electron chi connectivity index (χ4n) is 3.59. The molecule has 1 aromatic carbocycles. The molecular weight excluding hydrogens is 270 g/mol. The lowest BCUT2D eigenvalue weighted by molar-refractivity contribution is -0.0279. The van der Waals surface area contributed by atoms with Crippen molar-refractivity contribution >= 4 is 11.6 Å². The average Bonchev–Trinajstić information content (AvgIpc) is 2.33. The minimum atomic E-state index is -0.319. The van der Waals surface area contributed by atoms with Gasteiger partial charge >= 0.3 is 0 Å². The molecule has 0 bridgehead atoms. The first-order chi connectivity index (χ1) is 9.38. The number of aliphatic hydroxyl groups is 1. The molecular formula is C17H26ClNO. The van der Waals surface area contributed by atoms with E-state index >= 15 is 0 Å². The molecule has 1 saturated carbocycles. The van der Waals surface area contributed by atoms with Crippen molar-refractivity contribution in [1.29, 1.82) is 0 Å². The van der Waals surface area contributed by atoms with Crippen LogP contribution in [0.2, 0.25) is 5.02 Å². The van der Waals surface area contributed by atoms with E-state index in [0.717, 1.165) is 17.9 Å². The quantitative estimate of drug-likeness (QED) is 0.895. The number of halogens is 1. The number of aliphatic hydroxyl groups excluding tert-OH is 1. The van der Waals surface area contributed by atoms with E-state index < -0.39 is 0 Å². The predicted octanol–water partition coefficient (Wildman–Crippen LogP) is 3.71. The molecule has 1 fully saturated rings. The Hall–Kier alpha value is -0.570. The molecule has 2 rings (SSSR count). The van der Waals surface area contributed by atoms with Crippen LogP contribution in [0.3, 0.4) is 0 Å². The Bertz CT molecular complexity index is 437. The van der Waals surface area contributed by atoms with Gasteiger partial charge < -0.3 is 10.0 Å². The van der Waals surface area contributed by atoms with Gasteiger partial charge in [0.15, 0.2) is 0 Å². The molecule has 0 radical (unpaired) electrons. The van der Waals surface area contributed by atoms with Crippen molar-refractivity contribution in [3.05, 3.63) is 34.9 Å². The Morgan fingerprint density at radius 3 is 2.05 bits per heavy atom. The minimum Gasteiger partial charge on any atom is -0.391 e. The Kier molecular flexibility index (Phi) is 4.78. The highest BCUT2D eigenvalue weighted by Gasteiger charge is 2.49. The van der Waals surface area contributed by atoms with E-state index in [-0.39, 0.29) is 23.5 Å². The minimum absolute atomic E-state index is 0.0672. The van der Waals surface area contributed by atoms with Gasteiger partial charge in [0.05, 0.1) is 6.10 Å². The van der Waals surface area contributed by atoms with Gasteiger partial charge in [0.2, 0.25) is 0 Å². The molecule has 0 amide bonds. The van der Waals surface area contributed by atoms with Gasteiger partial charge in [-0.25, -0.2) is 0 Å². The highest BCUT2D eigenvalue weighted by Crippen LogP contribution is 2.49. The summed E-state index contributed by atoms with van der Waals surface area (Å²) in [5.41, 5.74) is 1.38. The van der Waals surface area contributed by atoms with Crippen LogP contribution in [0.4, 0.5) is 0 Å². The summed E-state index contributed by atoms with van der Waals surface area (Å²) in [5.74, 6) is 0.257. The maximum Gasteiger partial charge on any atom is 0.0726 e. The predicted molar refractivity (Wildman–Crippen MR) is 85.3 cm³/mol. The number of likely N-dealkylation sites (N-methyl/N-ethyl adjacent to an activating group) is 1. The summed E-state index contributed by atoms with van der Waals surface area (Å²) in [7, 11) is 4.15. The van der Waals surface area contributed by atoms with E-state index in [1.54, 1.807) is 0 Å². The third-order valence-electron chi connectivity index (χ3n) is 4.79. The molecule has 0 aromatic heterocycles. The van der Waals surface area contributed by atoms with Crippen molar-refractivity contribution < 1.29 is 5.11 Å². The lowest BCUT2D eigenvalue weighted by atomic mass is 9.58. The van der Waals surface area contributed by atoms with Gasteiger partial charge in [-0.1, -0.05) is 44.0 Å². The molecule has 2 atom stereocenters. The van der Waals surface area contributed by atoms with Crippen molar-refractivity contribution in [2.45, 2.75) is 50.7 Å². The second-order valence-electron chi connectivity index (χ2n) is 6.66. The van der Waals surface area contributed by atoms with E-state index in [1.165, 1.54) is 12.0 Å². The molecule has 1 aliphatic rings. The molecule has 2 unspecified atom stereocenters. The molecule has 2 nitrogen and oxygen atoms in total. The van der Waals surface area contributed by atoms with Crippen molar-refractivity contribution in [3.8, 4) is 0 Å². The van der Waals surface area contributed by atoms with Gasteiger partial charge in [-0.3, -0.25) is 0 Å². The van der Waals surface area contributed by atoms with E-state index in [0.29, 0.717) is 0 Å². The number of rotatable bonds is 5. The zero-order chi connectivity index (χ0) is 14.9. The second kappa shape index (κ2) is 6.05. The Labute approximate surface area is 127 Å². The van der Waals surface area contributed by atoms with Gasteiger partial charge in [0.1, 0.15) is 0 Å². The normalized spacial score (nSPS) is 20.8. The molecule has 0 aliphatic heterocycles. The molecule has 3 heteroatoms. The fraction of sp³-hybridized carbons (Fsp3) is 0.647. The molecule has 1 aromatic rings. The first kappa shape index (κ1) is 15.8. The largest absolute Gasteiger partial charge is 0.391 e. The number of hydrogen-bond donors (Lipinski definition) is 1. The third kappa shape index (κ3) is 2.74. The summed E-state index contributed by atoms with van der Waals surface area (Å²) in [6.45, 7) is 4.19. The molecule has 112 valence electrons. The standard InChI is InChI=1S/C17H26ClNO/c1-12(2)15(20)16(19(3)4)17(10-5-11-17)13-6-8-14(18)9-7-13/h6-9,12,15-16,20H,5,10-11H2,1-4H3. The fourth-order valence-corrected chi connectivity index (χ4v) is 3.71. The number of nitrogens with zero attached hydrogens (tertiary/aromatic N) is 1. The van der Waals surface area contributed by atoms with Gasteiger partial charge in [-0.15, -0.1) is 0 Å². The maximum atomic E-state index is 10.7. The number of benzene rings is 1. The average molecular weight is 296 g/mol. The summed E-state index contributed by atoms with van der Waals surface area (Å²) >= 11 is 6.02. The van der Waals surface area contributed by atoms with Crippen molar-refractivity contribution in [2.24, 2.45) is 5.92 Å². The van der Waals surface area contributed by atoms with E-state index in [1.807, 2.05) is 12.1 Å². The zero-order valence-electron chi connectivity index (χ0n) is 12.9. The topological polar surface area (TPSA) is 23.5 Å². The smallest absolute Gasteiger partial charge is 0.0726 e. The Balaban J connectivity index is 2.39. The highest BCUT2D eigenvalue weighted by molar-refractivity contribution is 6.30. The van der Waals surface area contributed by atoms with Crippen LogP contribution < -0.4 is 0 Å². The number of hydrogen-bond acceptors (Lipinski definition) is 2. The van der Waals surface area contributed by atoms with Crippen LogP contribution in [0.1, 0.15) is 38.7 Å². The molecule has 0 heterocycles. The summed E-state index contributed by atoms with van der Waals surface area (Å²) in [6.07, 6.45) is 3.20. The Morgan fingerprint density at radius 1 is 1.15 bits per heavy atom. The van der Waals surface area contributed by atoms with E-state index in [2.05, 4.69) is 45.0 Å². The van der Waals surface area contributed by atoms with Crippen LogP contribution in [0.25, 0.3) is 0 Å². The van der Waals surface area contributed by atoms with E-state index in [4.69, 9.17) is 11.6 Å². The van der Waals surface area contributed by atoms with Crippen molar-refractivity contribution in [2.75, 3.05) is 14.1 Å². The van der Waals surface area contributed by atoms with Gasteiger partial charge in [-0.2, -0.15) is 0 Å². The monoisotopic (exact) mass is 295 g/mol. The van der Waals surface area contributed by atoms with Crippen LogP contribution in [0, 0.1) is 5.92 Å². The van der Waals surface area contributed by atoms with Gasteiger partial charge in [-0.05, 0) is 50.6 Å². The molecule has 0 saturated heterocycles. The molecule has 1 N–H and O–H groups in total. The summed E-state index contributed by atoms with van der Waals surface area (Å²) in [4.78, 5) is 2.19.